The molecule has 0 fully saturated rings. The zero-order chi connectivity index (χ0) is 11.4. The van der Waals surface area contributed by atoms with Crippen molar-refractivity contribution in [2.24, 2.45) is 4.99 Å². The van der Waals surface area contributed by atoms with Gasteiger partial charge in [-0.1, -0.05) is 18.5 Å². The molecule has 1 aromatic carbocycles. The number of amidine groups is 1. The van der Waals surface area contributed by atoms with Gasteiger partial charge in [0.05, 0.1) is 0 Å². The number of rotatable bonds is 2. The third kappa shape index (κ3) is 2.72. The third-order valence-corrected chi connectivity index (χ3v) is 2.72. The van der Waals surface area contributed by atoms with Gasteiger partial charge in [0.2, 0.25) is 0 Å². The summed E-state index contributed by atoms with van der Waals surface area (Å²) in [6, 6.07) is 5.90. The Balaban J connectivity index is 3.06. The molecule has 0 saturated heterocycles. The standard InChI is InChI=1S/C12H17ClN2/c1-5-12(14-3)15(4)11-7-6-10(13)8-9(11)2/h6-8H,5H2,1-4H3. The van der Waals surface area contributed by atoms with Gasteiger partial charge >= 0.3 is 0 Å². The summed E-state index contributed by atoms with van der Waals surface area (Å²) in [7, 11) is 3.85. The molecule has 0 aliphatic heterocycles. The Morgan fingerprint density at radius 3 is 2.60 bits per heavy atom. The summed E-state index contributed by atoms with van der Waals surface area (Å²) in [5.74, 6) is 1.07. The Bertz CT molecular complexity index is 372. The minimum absolute atomic E-state index is 0.774. The number of hydrogen-bond donors (Lipinski definition) is 0. The van der Waals surface area contributed by atoms with E-state index in [-0.39, 0.29) is 0 Å². The second-order valence-corrected chi connectivity index (χ2v) is 3.92. The molecule has 0 bridgehead atoms. The van der Waals surface area contributed by atoms with E-state index in [0.717, 1.165) is 23.0 Å². The highest BCUT2D eigenvalue weighted by Gasteiger charge is 2.08. The summed E-state index contributed by atoms with van der Waals surface area (Å²) in [6.45, 7) is 4.16. The topological polar surface area (TPSA) is 15.6 Å². The summed E-state index contributed by atoms with van der Waals surface area (Å²) < 4.78 is 0. The Hall–Kier alpha value is -1.02. The molecule has 3 heteroatoms. The first-order valence-electron chi connectivity index (χ1n) is 5.05. The van der Waals surface area contributed by atoms with E-state index >= 15 is 0 Å². The van der Waals surface area contributed by atoms with E-state index < -0.39 is 0 Å². The van der Waals surface area contributed by atoms with Gasteiger partial charge in [-0.05, 0) is 30.7 Å². The van der Waals surface area contributed by atoms with Gasteiger partial charge in [-0.25, -0.2) is 0 Å². The molecule has 2 nitrogen and oxygen atoms in total. The van der Waals surface area contributed by atoms with Crippen molar-refractivity contribution in [1.29, 1.82) is 0 Å². The largest absolute Gasteiger partial charge is 0.333 e. The molecule has 0 N–H and O–H groups in total. The minimum Gasteiger partial charge on any atom is -0.333 e. The number of aryl methyl sites for hydroxylation is 1. The van der Waals surface area contributed by atoms with E-state index in [9.17, 15) is 0 Å². The van der Waals surface area contributed by atoms with E-state index in [1.165, 1.54) is 5.56 Å². The van der Waals surface area contributed by atoms with Crippen molar-refractivity contribution in [3.63, 3.8) is 0 Å². The fourth-order valence-corrected chi connectivity index (χ4v) is 1.91. The van der Waals surface area contributed by atoms with Crippen LogP contribution in [0.2, 0.25) is 5.02 Å². The van der Waals surface area contributed by atoms with Gasteiger partial charge in [-0.2, -0.15) is 0 Å². The molecule has 1 rings (SSSR count). The van der Waals surface area contributed by atoms with Gasteiger partial charge in [-0.15, -0.1) is 0 Å². The molecule has 0 saturated carbocycles. The van der Waals surface area contributed by atoms with Crippen LogP contribution in [0.5, 0.6) is 0 Å². The van der Waals surface area contributed by atoms with Crippen molar-refractivity contribution in [2.75, 3.05) is 19.0 Å². The molecule has 0 atom stereocenters. The Morgan fingerprint density at radius 2 is 2.13 bits per heavy atom. The molecule has 0 aliphatic carbocycles. The van der Waals surface area contributed by atoms with E-state index in [1.54, 1.807) is 0 Å². The van der Waals surface area contributed by atoms with Crippen LogP contribution < -0.4 is 4.90 Å². The molecular weight excluding hydrogens is 208 g/mol. The maximum atomic E-state index is 5.92. The van der Waals surface area contributed by atoms with Gasteiger partial charge < -0.3 is 4.90 Å². The fraction of sp³-hybridized carbons (Fsp3) is 0.417. The quantitative estimate of drug-likeness (QED) is 0.555. The summed E-state index contributed by atoms with van der Waals surface area (Å²) >= 11 is 5.92. The number of anilines is 1. The first-order chi connectivity index (χ1) is 7.10. The summed E-state index contributed by atoms with van der Waals surface area (Å²) in [6.07, 6.45) is 0.926. The first-order valence-corrected chi connectivity index (χ1v) is 5.43. The van der Waals surface area contributed by atoms with Crippen LogP contribution in [-0.4, -0.2) is 19.9 Å². The number of nitrogens with zero attached hydrogens (tertiary/aromatic N) is 2. The lowest BCUT2D eigenvalue weighted by atomic mass is 10.2. The van der Waals surface area contributed by atoms with Crippen LogP contribution >= 0.6 is 11.6 Å². The van der Waals surface area contributed by atoms with E-state index in [4.69, 9.17) is 11.6 Å². The molecule has 15 heavy (non-hydrogen) atoms. The average molecular weight is 225 g/mol. The normalized spacial score (nSPS) is 11.7. The predicted octanol–water partition coefficient (Wildman–Crippen LogP) is 3.52. The van der Waals surface area contributed by atoms with Gasteiger partial charge in [0.1, 0.15) is 5.84 Å². The lowest BCUT2D eigenvalue weighted by Gasteiger charge is -2.22. The highest BCUT2D eigenvalue weighted by Crippen LogP contribution is 2.23. The average Bonchev–Trinajstić information content (AvgIpc) is 2.19. The molecule has 0 spiro atoms. The molecule has 0 radical (unpaired) electrons. The van der Waals surface area contributed by atoms with Crippen molar-refractivity contribution in [3.05, 3.63) is 28.8 Å². The predicted molar refractivity (Wildman–Crippen MR) is 68.2 cm³/mol. The second-order valence-electron chi connectivity index (χ2n) is 3.48. The molecule has 0 aliphatic rings. The molecule has 0 unspecified atom stereocenters. The molecule has 1 aromatic rings. The van der Waals surface area contributed by atoms with Crippen molar-refractivity contribution >= 4 is 23.1 Å². The van der Waals surface area contributed by atoms with Crippen LogP contribution in [0.1, 0.15) is 18.9 Å². The fourth-order valence-electron chi connectivity index (χ4n) is 1.68. The van der Waals surface area contributed by atoms with Crippen LogP contribution in [-0.2, 0) is 0 Å². The summed E-state index contributed by atoms with van der Waals surface area (Å²) in [5.41, 5.74) is 2.32. The van der Waals surface area contributed by atoms with Gasteiger partial charge in [0.25, 0.3) is 0 Å². The van der Waals surface area contributed by atoms with Crippen LogP contribution in [0.15, 0.2) is 23.2 Å². The van der Waals surface area contributed by atoms with Gasteiger partial charge in [0.15, 0.2) is 0 Å². The number of halogens is 1. The number of aliphatic imine (C=N–C) groups is 1. The molecule has 0 heterocycles. The van der Waals surface area contributed by atoms with Crippen LogP contribution in [0, 0.1) is 6.92 Å². The maximum Gasteiger partial charge on any atom is 0.102 e. The molecule has 0 aromatic heterocycles. The van der Waals surface area contributed by atoms with Crippen molar-refractivity contribution in [1.82, 2.24) is 0 Å². The minimum atomic E-state index is 0.774. The third-order valence-electron chi connectivity index (χ3n) is 2.48. The first kappa shape index (κ1) is 12.1. The summed E-state index contributed by atoms with van der Waals surface area (Å²) in [5, 5.41) is 0.774. The van der Waals surface area contributed by atoms with Crippen molar-refractivity contribution in [3.8, 4) is 0 Å². The van der Waals surface area contributed by atoms with Crippen molar-refractivity contribution < 1.29 is 0 Å². The van der Waals surface area contributed by atoms with E-state index in [1.807, 2.05) is 32.3 Å². The monoisotopic (exact) mass is 224 g/mol. The van der Waals surface area contributed by atoms with Crippen LogP contribution in [0.4, 0.5) is 5.69 Å². The lowest BCUT2D eigenvalue weighted by molar-refractivity contribution is 1.12. The Morgan fingerprint density at radius 1 is 1.47 bits per heavy atom. The zero-order valence-electron chi connectivity index (χ0n) is 9.71. The van der Waals surface area contributed by atoms with Crippen LogP contribution in [0.25, 0.3) is 0 Å². The van der Waals surface area contributed by atoms with E-state index in [0.29, 0.717) is 0 Å². The van der Waals surface area contributed by atoms with Gasteiger partial charge in [-0.3, -0.25) is 4.99 Å². The highest BCUT2D eigenvalue weighted by atomic mass is 35.5. The number of hydrogen-bond acceptors (Lipinski definition) is 1. The van der Waals surface area contributed by atoms with Crippen molar-refractivity contribution in [2.45, 2.75) is 20.3 Å². The Labute approximate surface area is 96.6 Å². The number of benzene rings is 1. The highest BCUT2D eigenvalue weighted by molar-refractivity contribution is 6.30. The zero-order valence-corrected chi connectivity index (χ0v) is 10.5. The SMILES string of the molecule is CCC(=NC)N(C)c1ccc(Cl)cc1C. The second kappa shape index (κ2) is 5.17. The molecule has 0 amide bonds. The molecule has 82 valence electrons. The van der Waals surface area contributed by atoms with E-state index in [2.05, 4.69) is 23.7 Å². The smallest absolute Gasteiger partial charge is 0.102 e. The lowest BCUT2D eigenvalue weighted by Crippen LogP contribution is -2.26. The summed E-state index contributed by atoms with van der Waals surface area (Å²) in [4.78, 5) is 6.36. The Kier molecular flexibility index (Phi) is 4.15. The molecular formula is C12H17ClN2. The van der Waals surface area contributed by atoms with Crippen LogP contribution in [0.3, 0.4) is 0 Å². The van der Waals surface area contributed by atoms with Gasteiger partial charge in [0, 0.05) is 31.2 Å². The maximum absolute atomic E-state index is 5.92.